The summed E-state index contributed by atoms with van der Waals surface area (Å²) in [6.07, 6.45) is -7.35. The number of amides is 2. The maximum absolute atomic E-state index is 15.4. The molecule has 2 rings (SSSR count). The fourth-order valence-corrected chi connectivity index (χ4v) is 3.69. The maximum atomic E-state index is 15.4. The first-order valence-corrected chi connectivity index (χ1v) is 9.68. The first-order valence-electron chi connectivity index (χ1n) is 9.68. The summed E-state index contributed by atoms with van der Waals surface area (Å²) < 4.78 is 98.7. The molecule has 0 aromatic heterocycles. The Morgan fingerprint density at radius 2 is 1.00 bits per heavy atom. The third kappa shape index (κ3) is 4.67. The largest absolute Gasteiger partial charge is 0.459 e. The van der Waals surface area contributed by atoms with Crippen molar-refractivity contribution in [2.45, 2.75) is 50.6 Å². The molecular formula is C22H21F7N2O2. The van der Waals surface area contributed by atoms with E-state index < -0.39 is 52.8 Å². The third-order valence-corrected chi connectivity index (χ3v) is 5.21. The smallest absolute Gasteiger partial charge is 0.326 e. The Kier molecular flexibility index (Phi) is 7.15. The van der Waals surface area contributed by atoms with E-state index in [1.807, 2.05) is 0 Å². The van der Waals surface area contributed by atoms with E-state index in [1.165, 1.54) is 13.8 Å². The number of hydrogen-bond donors (Lipinski definition) is 2. The fourth-order valence-electron chi connectivity index (χ4n) is 3.69. The van der Waals surface area contributed by atoms with E-state index in [0.717, 1.165) is 55.5 Å². The number of carbonyl (C=O) groups is 2. The van der Waals surface area contributed by atoms with Crippen LogP contribution in [-0.2, 0) is 15.0 Å². The summed E-state index contributed by atoms with van der Waals surface area (Å²) in [5.41, 5.74) is -3.85. The van der Waals surface area contributed by atoms with Gasteiger partial charge in [-0.2, -0.15) is 30.7 Å². The molecule has 0 heterocycles. The van der Waals surface area contributed by atoms with Crippen molar-refractivity contribution >= 4 is 23.2 Å². The minimum absolute atomic E-state index is 0.142. The molecule has 0 saturated heterocycles. The molecule has 2 aromatic rings. The van der Waals surface area contributed by atoms with E-state index in [1.54, 1.807) is 0 Å². The van der Waals surface area contributed by atoms with E-state index in [9.17, 15) is 31.5 Å². The molecule has 2 aromatic carbocycles. The van der Waals surface area contributed by atoms with Crippen molar-refractivity contribution < 1.29 is 40.3 Å². The molecule has 0 bridgehead atoms. The van der Waals surface area contributed by atoms with Crippen molar-refractivity contribution in [1.82, 2.24) is 0 Å². The predicted molar refractivity (Wildman–Crippen MR) is 109 cm³/mol. The van der Waals surface area contributed by atoms with Gasteiger partial charge in [-0.1, -0.05) is 31.2 Å². The van der Waals surface area contributed by atoms with Gasteiger partial charge in [-0.05, 0) is 41.8 Å². The van der Waals surface area contributed by atoms with Crippen LogP contribution in [0.4, 0.5) is 42.1 Å². The van der Waals surface area contributed by atoms with Crippen LogP contribution >= 0.6 is 0 Å². The molecule has 0 radical (unpaired) electrons. The Balaban J connectivity index is 2.79. The minimum atomic E-state index is -6.52. The summed E-state index contributed by atoms with van der Waals surface area (Å²) in [6, 6.07) is 8.41. The third-order valence-electron chi connectivity index (χ3n) is 5.21. The highest BCUT2D eigenvalue weighted by molar-refractivity contribution is 5.89. The van der Waals surface area contributed by atoms with E-state index in [2.05, 4.69) is 10.6 Å². The molecule has 2 N–H and O–H groups in total. The highest BCUT2D eigenvalue weighted by Gasteiger charge is 2.79. The second kappa shape index (κ2) is 9.03. The number of alkyl halides is 7. The van der Waals surface area contributed by atoms with Crippen LogP contribution in [0, 0.1) is 0 Å². The van der Waals surface area contributed by atoms with Crippen molar-refractivity contribution in [1.29, 1.82) is 0 Å². The standard InChI is InChI=1S/C22H21F7N2O2/c1-4-19(20(23,24)21(25,26)22(27,28)29,15-5-9-17(10-6-15)30-13(2)32)16-7-11-18(12-8-16)31-14(3)33/h5-12H,4H2,1-3H3,(H,30,32)(H,31,33). The Labute approximate surface area is 185 Å². The van der Waals surface area contributed by atoms with Crippen molar-refractivity contribution in [3.8, 4) is 0 Å². The zero-order valence-electron chi connectivity index (χ0n) is 17.8. The van der Waals surface area contributed by atoms with Crippen LogP contribution < -0.4 is 10.6 Å². The molecular weight excluding hydrogens is 457 g/mol. The summed E-state index contributed by atoms with van der Waals surface area (Å²) in [5, 5.41) is 4.73. The monoisotopic (exact) mass is 478 g/mol. The van der Waals surface area contributed by atoms with Gasteiger partial charge in [0.2, 0.25) is 11.8 Å². The Hall–Kier alpha value is -3.11. The lowest BCUT2D eigenvalue weighted by atomic mass is 9.66. The molecule has 4 nitrogen and oxygen atoms in total. The van der Waals surface area contributed by atoms with Gasteiger partial charge in [0, 0.05) is 25.2 Å². The van der Waals surface area contributed by atoms with Crippen LogP contribution in [-0.4, -0.2) is 29.8 Å². The molecule has 0 unspecified atom stereocenters. The van der Waals surface area contributed by atoms with Crippen LogP contribution in [0.15, 0.2) is 48.5 Å². The highest BCUT2D eigenvalue weighted by Crippen LogP contribution is 2.59. The van der Waals surface area contributed by atoms with Crippen molar-refractivity contribution in [3.05, 3.63) is 59.7 Å². The number of halogens is 7. The minimum Gasteiger partial charge on any atom is -0.326 e. The Bertz CT molecular complexity index is 941. The zero-order valence-corrected chi connectivity index (χ0v) is 17.8. The van der Waals surface area contributed by atoms with Gasteiger partial charge < -0.3 is 10.6 Å². The summed E-state index contributed by atoms with van der Waals surface area (Å²) in [4.78, 5) is 22.4. The number of carbonyl (C=O) groups excluding carboxylic acids is 2. The molecule has 0 aliphatic rings. The van der Waals surface area contributed by atoms with Crippen LogP contribution in [0.25, 0.3) is 0 Å². The second-order valence-electron chi connectivity index (χ2n) is 7.42. The van der Waals surface area contributed by atoms with Gasteiger partial charge in [-0.15, -0.1) is 0 Å². The van der Waals surface area contributed by atoms with Gasteiger partial charge in [0.1, 0.15) is 0 Å². The Morgan fingerprint density at radius 1 is 0.667 bits per heavy atom. The normalized spacial score (nSPS) is 12.9. The molecule has 0 saturated carbocycles. The maximum Gasteiger partial charge on any atom is 0.459 e. The van der Waals surface area contributed by atoms with Crippen LogP contribution in [0.1, 0.15) is 38.3 Å². The van der Waals surface area contributed by atoms with Crippen molar-refractivity contribution in [2.24, 2.45) is 0 Å². The van der Waals surface area contributed by atoms with E-state index in [4.69, 9.17) is 0 Å². The number of anilines is 2. The molecule has 0 aliphatic carbocycles. The zero-order chi connectivity index (χ0) is 25.2. The molecule has 0 aliphatic heterocycles. The van der Waals surface area contributed by atoms with E-state index >= 15 is 8.78 Å². The summed E-state index contributed by atoms with van der Waals surface area (Å²) in [5.74, 6) is -13.0. The highest BCUT2D eigenvalue weighted by atomic mass is 19.4. The van der Waals surface area contributed by atoms with Gasteiger partial charge in [0.25, 0.3) is 0 Å². The molecule has 0 fully saturated rings. The van der Waals surface area contributed by atoms with Gasteiger partial charge in [0.05, 0.1) is 5.41 Å². The predicted octanol–water partition coefficient (Wildman–Crippen LogP) is 6.13. The van der Waals surface area contributed by atoms with Crippen molar-refractivity contribution in [3.63, 3.8) is 0 Å². The fraction of sp³-hybridized carbons (Fsp3) is 0.364. The van der Waals surface area contributed by atoms with Crippen LogP contribution in [0.2, 0.25) is 0 Å². The number of rotatable bonds is 7. The summed E-state index contributed by atoms with van der Waals surface area (Å²) in [7, 11) is 0. The first-order chi connectivity index (χ1) is 15.1. The topological polar surface area (TPSA) is 58.2 Å². The van der Waals surface area contributed by atoms with Crippen molar-refractivity contribution in [2.75, 3.05) is 10.6 Å². The average molecular weight is 478 g/mol. The van der Waals surface area contributed by atoms with Crippen LogP contribution in [0.3, 0.4) is 0 Å². The first kappa shape index (κ1) is 26.1. The lowest BCUT2D eigenvalue weighted by Crippen LogP contribution is -2.62. The van der Waals surface area contributed by atoms with Gasteiger partial charge in [-0.25, -0.2) is 0 Å². The lowest BCUT2D eigenvalue weighted by molar-refractivity contribution is -0.367. The van der Waals surface area contributed by atoms with Gasteiger partial charge in [-0.3, -0.25) is 9.59 Å². The van der Waals surface area contributed by atoms with E-state index in [-0.39, 0.29) is 11.4 Å². The molecule has 0 spiro atoms. The SMILES string of the molecule is CCC(c1ccc(NC(C)=O)cc1)(c1ccc(NC(C)=O)cc1)C(F)(F)C(F)(F)C(F)(F)F. The molecule has 2 amide bonds. The number of hydrogen-bond acceptors (Lipinski definition) is 2. The number of nitrogens with one attached hydrogen (secondary N) is 2. The average Bonchev–Trinajstić information content (AvgIpc) is 2.69. The van der Waals surface area contributed by atoms with Gasteiger partial charge in [0.15, 0.2) is 0 Å². The van der Waals surface area contributed by atoms with E-state index in [0.29, 0.717) is 0 Å². The Morgan fingerprint density at radius 3 is 1.24 bits per heavy atom. The second-order valence-corrected chi connectivity index (χ2v) is 7.42. The molecule has 180 valence electrons. The summed E-state index contributed by atoms with van der Waals surface area (Å²) >= 11 is 0. The summed E-state index contributed by atoms with van der Waals surface area (Å²) in [6.45, 7) is 3.43. The molecule has 0 atom stereocenters. The molecule has 33 heavy (non-hydrogen) atoms. The van der Waals surface area contributed by atoms with Gasteiger partial charge >= 0.3 is 18.0 Å². The quantitative estimate of drug-likeness (QED) is 0.471. The lowest BCUT2D eigenvalue weighted by Gasteiger charge is -2.44. The molecule has 11 heteroatoms. The number of benzene rings is 2. The van der Waals surface area contributed by atoms with Crippen LogP contribution in [0.5, 0.6) is 0 Å².